The van der Waals surface area contributed by atoms with Gasteiger partial charge in [-0.25, -0.2) is 4.79 Å². The summed E-state index contributed by atoms with van der Waals surface area (Å²) >= 11 is 0. The summed E-state index contributed by atoms with van der Waals surface area (Å²) in [5.41, 5.74) is -0.514. The second-order valence-electron chi connectivity index (χ2n) is 7.21. The van der Waals surface area contributed by atoms with Gasteiger partial charge in [0.15, 0.2) is 0 Å². The highest BCUT2D eigenvalue weighted by Crippen LogP contribution is 2.46. The Kier molecular flexibility index (Phi) is 8.06. The van der Waals surface area contributed by atoms with Crippen LogP contribution in [0.25, 0.3) is 0 Å². The number of Topliss-reactive ketones (excluding diaryl/α,β-unsaturated/α-hetero) is 1. The molecule has 1 rings (SSSR count). The van der Waals surface area contributed by atoms with E-state index in [-0.39, 0.29) is 17.9 Å². The van der Waals surface area contributed by atoms with E-state index in [0.717, 1.165) is 19.3 Å². The van der Waals surface area contributed by atoms with Crippen molar-refractivity contribution in [3.8, 4) is 0 Å². The van der Waals surface area contributed by atoms with Gasteiger partial charge in [0, 0.05) is 33.7 Å². The summed E-state index contributed by atoms with van der Waals surface area (Å²) in [6.45, 7) is 6.83. The maximum absolute atomic E-state index is 11.9. The van der Waals surface area contributed by atoms with E-state index >= 15 is 0 Å². The first-order valence-corrected chi connectivity index (χ1v) is 10.0. The van der Waals surface area contributed by atoms with E-state index < -0.39 is 13.0 Å². The number of hydrogen-bond donors (Lipinski definition) is 0. The lowest BCUT2D eigenvalue weighted by molar-refractivity contribution is -0.206. The molecule has 0 unspecified atom stereocenters. The Labute approximate surface area is 144 Å². The molecule has 140 valence electrons. The number of rotatable bonds is 8. The van der Waals surface area contributed by atoms with Crippen LogP contribution in [0.3, 0.4) is 0 Å². The summed E-state index contributed by atoms with van der Waals surface area (Å²) in [6.07, 6.45) is 2.67. The summed E-state index contributed by atoms with van der Waals surface area (Å²) in [4.78, 5) is 29.2. The van der Waals surface area contributed by atoms with Crippen LogP contribution >= 0.6 is 7.60 Å². The van der Waals surface area contributed by atoms with Crippen molar-refractivity contribution in [1.82, 2.24) is 5.06 Å². The van der Waals surface area contributed by atoms with Crippen molar-refractivity contribution >= 4 is 19.3 Å². The number of carbonyl (C=O) groups is 2. The predicted octanol–water partition coefficient (Wildman–Crippen LogP) is 3.04. The molecule has 1 fully saturated rings. The number of piperidine rings is 1. The van der Waals surface area contributed by atoms with Crippen LogP contribution in [0.1, 0.15) is 46.5 Å². The quantitative estimate of drug-likeness (QED) is 0.613. The Bertz CT molecular complexity index is 471. The fourth-order valence-electron chi connectivity index (χ4n) is 2.41. The zero-order chi connectivity index (χ0) is 18.4. The molecule has 24 heavy (non-hydrogen) atoms. The van der Waals surface area contributed by atoms with Crippen LogP contribution in [-0.2, 0) is 28.0 Å². The Morgan fingerprint density at radius 3 is 2.12 bits per heavy atom. The molecule has 0 spiro atoms. The lowest BCUT2D eigenvalue weighted by Gasteiger charge is -2.32. The van der Waals surface area contributed by atoms with Gasteiger partial charge in [-0.1, -0.05) is 0 Å². The Balaban J connectivity index is 2.30. The van der Waals surface area contributed by atoms with Crippen molar-refractivity contribution in [2.75, 3.05) is 33.5 Å². The number of hydrogen-bond acceptors (Lipinski definition) is 7. The zero-order valence-corrected chi connectivity index (χ0v) is 16.3. The van der Waals surface area contributed by atoms with Crippen molar-refractivity contribution in [1.29, 1.82) is 0 Å². The van der Waals surface area contributed by atoms with Crippen molar-refractivity contribution in [3.63, 3.8) is 0 Å². The van der Waals surface area contributed by atoms with Crippen molar-refractivity contribution in [2.24, 2.45) is 11.3 Å². The van der Waals surface area contributed by atoms with E-state index in [9.17, 15) is 14.2 Å². The SMILES string of the molecule is COP(=O)(CC(=O)CCC1CCN(OC(=O)C(C)(C)C)CC1)OC. The summed E-state index contributed by atoms with van der Waals surface area (Å²) < 4.78 is 21.5. The monoisotopic (exact) mass is 363 g/mol. The molecule has 0 radical (unpaired) electrons. The van der Waals surface area contributed by atoms with E-state index in [1.54, 1.807) is 5.06 Å². The molecule has 0 aromatic heterocycles. The highest BCUT2D eigenvalue weighted by atomic mass is 31.2. The van der Waals surface area contributed by atoms with Crippen LogP contribution < -0.4 is 0 Å². The molecule has 8 heteroatoms. The van der Waals surface area contributed by atoms with E-state index in [1.165, 1.54) is 14.2 Å². The van der Waals surface area contributed by atoms with Gasteiger partial charge in [0.05, 0.1) is 5.41 Å². The van der Waals surface area contributed by atoms with Gasteiger partial charge < -0.3 is 13.9 Å². The van der Waals surface area contributed by atoms with Gasteiger partial charge in [-0.05, 0) is 46.0 Å². The molecule has 0 aromatic rings. The largest absolute Gasteiger partial charge is 0.367 e. The van der Waals surface area contributed by atoms with Crippen molar-refractivity contribution < 1.29 is 28.0 Å². The second-order valence-corrected chi connectivity index (χ2v) is 9.48. The van der Waals surface area contributed by atoms with Crippen LogP contribution in [0.5, 0.6) is 0 Å². The molecule has 0 atom stereocenters. The number of hydroxylamine groups is 2. The van der Waals surface area contributed by atoms with Crippen molar-refractivity contribution in [3.05, 3.63) is 0 Å². The first kappa shape index (κ1) is 21.3. The molecule has 1 aliphatic rings. The topological polar surface area (TPSA) is 82.1 Å². The normalized spacial score (nSPS) is 17.7. The molecule has 0 aliphatic carbocycles. The molecule has 7 nitrogen and oxygen atoms in total. The molecular weight excluding hydrogens is 333 g/mol. The van der Waals surface area contributed by atoms with Gasteiger partial charge in [-0.2, -0.15) is 0 Å². The van der Waals surface area contributed by atoms with Gasteiger partial charge in [0.1, 0.15) is 11.9 Å². The summed E-state index contributed by atoms with van der Waals surface area (Å²) in [7, 11) is -0.696. The molecule has 0 saturated carbocycles. The molecule has 1 aliphatic heterocycles. The van der Waals surface area contributed by atoms with Crippen LogP contribution in [-0.4, -0.2) is 50.3 Å². The van der Waals surface area contributed by atoms with Crippen LogP contribution in [0.4, 0.5) is 0 Å². The second kappa shape index (κ2) is 9.09. The fraction of sp³-hybridized carbons (Fsp3) is 0.875. The average molecular weight is 363 g/mol. The first-order chi connectivity index (χ1) is 11.1. The lowest BCUT2D eigenvalue weighted by atomic mass is 9.92. The van der Waals surface area contributed by atoms with E-state index in [4.69, 9.17) is 13.9 Å². The Morgan fingerprint density at radius 2 is 1.67 bits per heavy atom. The van der Waals surface area contributed by atoms with Crippen LogP contribution in [0, 0.1) is 11.3 Å². The van der Waals surface area contributed by atoms with E-state index in [1.807, 2.05) is 20.8 Å². The number of carbonyl (C=O) groups excluding carboxylic acids is 2. The summed E-state index contributed by atoms with van der Waals surface area (Å²) in [5.74, 6) is 0.0673. The van der Waals surface area contributed by atoms with Crippen molar-refractivity contribution in [2.45, 2.75) is 46.5 Å². The van der Waals surface area contributed by atoms with Crippen LogP contribution in [0.2, 0.25) is 0 Å². The predicted molar refractivity (Wildman–Crippen MR) is 90.6 cm³/mol. The number of ketones is 1. The van der Waals surface area contributed by atoms with E-state index in [2.05, 4.69) is 0 Å². The minimum Gasteiger partial charge on any atom is -0.367 e. The average Bonchev–Trinajstić information content (AvgIpc) is 2.53. The fourth-order valence-corrected chi connectivity index (χ4v) is 3.40. The number of nitrogens with zero attached hydrogens (tertiary/aromatic N) is 1. The van der Waals surface area contributed by atoms with Gasteiger partial charge in [0.2, 0.25) is 0 Å². The van der Waals surface area contributed by atoms with Gasteiger partial charge in [-0.3, -0.25) is 9.36 Å². The molecule has 0 aromatic carbocycles. The third kappa shape index (κ3) is 7.01. The summed E-state index contributed by atoms with van der Waals surface area (Å²) in [5, 5.41) is 1.70. The third-order valence-corrected chi connectivity index (χ3v) is 6.01. The minimum atomic E-state index is -3.26. The third-order valence-electron chi connectivity index (χ3n) is 4.16. The first-order valence-electron chi connectivity index (χ1n) is 8.29. The standard InChI is InChI=1S/C16H30NO6P/c1-16(2,3)15(19)23-17-10-8-13(9-11-17)6-7-14(18)12-24(20,21-4)22-5/h13H,6-12H2,1-5H3. The zero-order valence-electron chi connectivity index (χ0n) is 15.4. The highest BCUT2D eigenvalue weighted by Gasteiger charge is 2.29. The molecular formula is C16H30NO6P. The molecule has 0 amide bonds. The summed E-state index contributed by atoms with van der Waals surface area (Å²) in [6, 6.07) is 0. The maximum atomic E-state index is 11.9. The smallest absolute Gasteiger partial charge is 0.337 e. The molecule has 1 saturated heterocycles. The maximum Gasteiger partial charge on any atom is 0.337 e. The van der Waals surface area contributed by atoms with Gasteiger partial charge >= 0.3 is 13.6 Å². The minimum absolute atomic E-state index is 0.108. The highest BCUT2D eigenvalue weighted by molar-refractivity contribution is 7.54. The molecule has 1 heterocycles. The van der Waals surface area contributed by atoms with Gasteiger partial charge in [-0.15, -0.1) is 5.06 Å². The lowest BCUT2D eigenvalue weighted by Crippen LogP contribution is -2.38. The Morgan fingerprint density at radius 1 is 1.12 bits per heavy atom. The van der Waals surface area contributed by atoms with Crippen LogP contribution in [0.15, 0.2) is 0 Å². The molecule has 0 N–H and O–H groups in total. The van der Waals surface area contributed by atoms with Gasteiger partial charge in [0.25, 0.3) is 0 Å². The Hall–Kier alpha value is -0.750. The molecule has 0 bridgehead atoms. The van der Waals surface area contributed by atoms with E-state index in [0.29, 0.717) is 25.4 Å².